The fourth-order valence-corrected chi connectivity index (χ4v) is 2.27. The lowest BCUT2D eigenvalue weighted by Crippen LogP contribution is -2.26. The lowest BCUT2D eigenvalue weighted by atomic mass is 9.96. The predicted molar refractivity (Wildman–Crippen MR) is 70.1 cm³/mol. The van der Waals surface area contributed by atoms with E-state index in [9.17, 15) is 0 Å². The highest BCUT2D eigenvalue weighted by molar-refractivity contribution is 9.10. The summed E-state index contributed by atoms with van der Waals surface area (Å²) < 4.78 is 6.94. The number of pyridine rings is 1. The van der Waals surface area contributed by atoms with E-state index in [-0.39, 0.29) is 0 Å². The van der Waals surface area contributed by atoms with Gasteiger partial charge in [-0.25, -0.2) is 4.98 Å². The Morgan fingerprint density at radius 1 is 1.35 bits per heavy atom. The van der Waals surface area contributed by atoms with Crippen molar-refractivity contribution in [1.29, 1.82) is 0 Å². The van der Waals surface area contributed by atoms with Crippen LogP contribution < -0.4 is 10.1 Å². The van der Waals surface area contributed by atoms with Crippen LogP contribution in [0.25, 0.3) is 0 Å². The maximum Gasteiger partial charge on any atom is 0.218 e. The molecule has 1 aromatic heterocycles. The SMILES string of the molecule is Brc1cnc(OC2CCC2)c(CNC2CC2)c1. The van der Waals surface area contributed by atoms with E-state index in [2.05, 4.69) is 32.3 Å². The van der Waals surface area contributed by atoms with Gasteiger partial charge in [0.15, 0.2) is 0 Å². The van der Waals surface area contributed by atoms with E-state index < -0.39 is 0 Å². The Morgan fingerprint density at radius 3 is 2.82 bits per heavy atom. The lowest BCUT2D eigenvalue weighted by Gasteiger charge is -2.26. The molecule has 0 aromatic carbocycles. The molecule has 92 valence electrons. The molecular weight excluding hydrogens is 280 g/mol. The van der Waals surface area contributed by atoms with Crippen molar-refractivity contribution in [2.24, 2.45) is 0 Å². The predicted octanol–water partition coefficient (Wildman–Crippen LogP) is 3.03. The summed E-state index contributed by atoms with van der Waals surface area (Å²) >= 11 is 3.47. The molecule has 0 aliphatic heterocycles. The van der Waals surface area contributed by atoms with Crippen LogP contribution in [-0.2, 0) is 6.54 Å². The van der Waals surface area contributed by atoms with Crippen LogP contribution in [0.3, 0.4) is 0 Å². The first-order chi connectivity index (χ1) is 8.31. The Labute approximate surface area is 110 Å². The largest absolute Gasteiger partial charge is 0.474 e. The highest BCUT2D eigenvalue weighted by atomic mass is 79.9. The second-order valence-corrected chi connectivity index (χ2v) is 5.86. The first kappa shape index (κ1) is 11.5. The number of halogens is 1. The zero-order valence-electron chi connectivity index (χ0n) is 9.79. The summed E-state index contributed by atoms with van der Waals surface area (Å²) in [5.41, 5.74) is 1.16. The van der Waals surface area contributed by atoms with Gasteiger partial charge in [-0.2, -0.15) is 0 Å². The summed E-state index contributed by atoms with van der Waals surface area (Å²) in [5.74, 6) is 0.811. The Kier molecular flexibility index (Phi) is 3.34. The van der Waals surface area contributed by atoms with Gasteiger partial charge in [0.1, 0.15) is 6.10 Å². The van der Waals surface area contributed by atoms with Crippen LogP contribution in [0.5, 0.6) is 5.88 Å². The van der Waals surface area contributed by atoms with E-state index in [1.807, 2.05) is 6.20 Å². The van der Waals surface area contributed by atoms with Crippen molar-refractivity contribution in [2.75, 3.05) is 0 Å². The summed E-state index contributed by atoms with van der Waals surface area (Å²) in [6.07, 6.45) is 8.45. The van der Waals surface area contributed by atoms with Gasteiger partial charge in [-0.05, 0) is 54.1 Å². The fourth-order valence-electron chi connectivity index (χ4n) is 1.89. The van der Waals surface area contributed by atoms with Crippen LogP contribution in [-0.4, -0.2) is 17.1 Å². The molecule has 0 spiro atoms. The summed E-state index contributed by atoms with van der Waals surface area (Å²) in [4.78, 5) is 4.39. The first-order valence-corrected chi connectivity index (χ1v) is 7.15. The van der Waals surface area contributed by atoms with Gasteiger partial charge >= 0.3 is 0 Å². The molecule has 0 atom stereocenters. The number of hydrogen-bond acceptors (Lipinski definition) is 3. The van der Waals surface area contributed by atoms with Crippen molar-refractivity contribution in [2.45, 2.75) is 50.8 Å². The Hall–Kier alpha value is -0.610. The summed E-state index contributed by atoms with van der Waals surface area (Å²) in [5, 5.41) is 3.51. The highest BCUT2D eigenvalue weighted by Gasteiger charge is 2.23. The zero-order chi connectivity index (χ0) is 11.7. The third kappa shape index (κ3) is 2.99. The van der Waals surface area contributed by atoms with Crippen molar-refractivity contribution in [1.82, 2.24) is 10.3 Å². The molecule has 1 N–H and O–H groups in total. The number of hydrogen-bond donors (Lipinski definition) is 1. The van der Waals surface area contributed by atoms with Crippen molar-refractivity contribution in [3.05, 3.63) is 22.3 Å². The minimum absolute atomic E-state index is 0.392. The fraction of sp³-hybridized carbons (Fsp3) is 0.615. The molecule has 2 aliphatic carbocycles. The molecule has 1 aromatic rings. The van der Waals surface area contributed by atoms with Crippen molar-refractivity contribution < 1.29 is 4.74 Å². The van der Waals surface area contributed by atoms with Gasteiger partial charge in [0, 0.05) is 28.8 Å². The molecule has 2 fully saturated rings. The molecule has 3 rings (SSSR count). The number of nitrogens with one attached hydrogen (secondary N) is 1. The standard InChI is InChI=1S/C13H17BrN2O/c14-10-6-9(7-15-11-4-5-11)13(16-8-10)17-12-2-1-3-12/h6,8,11-12,15H,1-5,7H2. The lowest BCUT2D eigenvalue weighted by molar-refractivity contribution is 0.113. The topological polar surface area (TPSA) is 34.1 Å². The molecule has 2 aliphatic rings. The van der Waals surface area contributed by atoms with Crippen LogP contribution in [0.2, 0.25) is 0 Å². The highest BCUT2D eigenvalue weighted by Crippen LogP contribution is 2.28. The van der Waals surface area contributed by atoms with E-state index >= 15 is 0 Å². The third-order valence-corrected chi connectivity index (χ3v) is 3.81. The van der Waals surface area contributed by atoms with E-state index in [0.717, 1.165) is 22.5 Å². The minimum Gasteiger partial charge on any atom is -0.474 e. The van der Waals surface area contributed by atoms with Gasteiger partial charge in [-0.1, -0.05) is 0 Å². The molecule has 2 saturated carbocycles. The van der Waals surface area contributed by atoms with Gasteiger partial charge in [0.2, 0.25) is 5.88 Å². The van der Waals surface area contributed by atoms with Gasteiger partial charge in [-0.3, -0.25) is 0 Å². The molecule has 0 bridgehead atoms. The smallest absolute Gasteiger partial charge is 0.218 e. The van der Waals surface area contributed by atoms with E-state index in [1.165, 1.54) is 32.1 Å². The van der Waals surface area contributed by atoms with Crippen LogP contribution in [0, 0.1) is 0 Å². The van der Waals surface area contributed by atoms with Crippen LogP contribution in [0.1, 0.15) is 37.7 Å². The number of rotatable bonds is 5. The summed E-state index contributed by atoms with van der Waals surface area (Å²) in [6.45, 7) is 0.860. The van der Waals surface area contributed by atoms with Gasteiger partial charge in [0.05, 0.1) is 0 Å². The molecular formula is C13H17BrN2O. The Morgan fingerprint density at radius 2 is 2.18 bits per heavy atom. The third-order valence-electron chi connectivity index (χ3n) is 3.38. The second-order valence-electron chi connectivity index (χ2n) is 4.94. The quantitative estimate of drug-likeness (QED) is 0.907. The van der Waals surface area contributed by atoms with Crippen molar-refractivity contribution in [3.63, 3.8) is 0 Å². The van der Waals surface area contributed by atoms with Crippen LogP contribution >= 0.6 is 15.9 Å². The first-order valence-electron chi connectivity index (χ1n) is 6.36. The average Bonchev–Trinajstić information content (AvgIpc) is 3.06. The van der Waals surface area contributed by atoms with Gasteiger partial charge in [0.25, 0.3) is 0 Å². The average molecular weight is 297 g/mol. The number of aromatic nitrogens is 1. The monoisotopic (exact) mass is 296 g/mol. The molecule has 3 nitrogen and oxygen atoms in total. The van der Waals surface area contributed by atoms with Crippen LogP contribution in [0.4, 0.5) is 0 Å². The van der Waals surface area contributed by atoms with E-state index in [0.29, 0.717) is 12.1 Å². The Balaban J connectivity index is 1.69. The molecule has 0 radical (unpaired) electrons. The Bertz CT molecular complexity index is 402. The van der Waals surface area contributed by atoms with Crippen molar-refractivity contribution >= 4 is 15.9 Å². The molecule has 1 heterocycles. The maximum absolute atomic E-state index is 5.92. The van der Waals surface area contributed by atoms with E-state index in [1.54, 1.807) is 0 Å². The molecule has 0 unspecified atom stereocenters. The maximum atomic E-state index is 5.92. The van der Waals surface area contributed by atoms with Crippen LogP contribution in [0.15, 0.2) is 16.7 Å². The van der Waals surface area contributed by atoms with Gasteiger partial charge < -0.3 is 10.1 Å². The summed E-state index contributed by atoms with van der Waals surface area (Å²) in [6, 6.07) is 2.82. The molecule has 0 amide bonds. The minimum atomic E-state index is 0.392. The molecule has 0 saturated heterocycles. The van der Waals surface area contributed by atoms with Crippen molar-refractivity contribution in [3.8, 4) is 5.88 Å². The number of ether oxygens (including phenoxy) is 1. The summed E-state index contributed by atoms with van der Waals surface area (Å²) in [7, 11) is 0. The van der Waals surface area contributed by atoms with E-state index in [4.69, 9.17) is 4.74 Å². The molecule has 17 heavy (non-hydrogen) atoms. The second kappa shape index (κ2) is 4.94. The zero-order valence-corrected chi connectivity index (χ0v) is 11.4. The molecule has 4 heteroatoms. The van der Waals surface area contributed by atoms with Gasteiger partial charge in [-0.15, -0.1) is 0 Å². The number of nitrogens with zero attached hydrogens (tertiary/aromatic N) is 1. The normalized spacial score (nSPS) is 20.1.